The van der Waals surface area contributed by atoms with Crippen molar-refractivity contribution >= 4 is 32.5 Å². The maximum absolute atomic E-state index is 10.9. The van der Waals surface area contributed by atoms with Gasteiger partial charge in [-0.1, -0.05) is 18.2 Å². The zero-order valence-corrected chi connectivity index (χ0v) is 11.4. The van der Waals surface area contributed by atoms with Crippen molar-refractivity contribution in [1.82, 2.24) is 4.57 Å². The molecule has 0 bridgehead atoms. The summed E-state index contributed by atoms with van der Waals surface area (Å²) in [5.41, 5.74) is 2.04. The zero-order valence-electron chi connectivity index (χ0n) is 9.79. The number of nitro groups is 1. The number of halogens is 1. The van der Waals surface area contributed by atoms with Gasteiger partial charge in [0.05, 0.1) is 14.9 Å². The minimum atomic E-state index is -0.386. The van der Waals surface area contributed by atoms with Gasteiger partial charge in [0.2, 0.25) is 0 Å². The molecule has 0 amide bonds. The van der Waals surface area contributed by atoms with Crippen molar-refractivity contribution in [3.63, 3.8) is 0 Å². The molecule has 0 fully saturated rings. The van der Waals surface area contributed by atoms with Crippen LogP contribution in [0.1, 0.15) is 0 Å². The number of nitrogens with zero attached hydrogens (tertiary/aromatic N) is 2. The number of hydrogen-bond donors (Lipinski definition) is 0. The topological polar surface area (TPSA) is 48.1 Å². The molecule has 0 aliphatic carbocycles. The number of aromatic nitrogens is 1. The molecule has 0 unspecified atom stereocenters. The molecule has 0 saturated heterocycles. The van der Waals surface area contributed by atoms with E-state index in [1.165, 1.54) is 0 Å². The number of para-hydroxylation sites is 1. The Morgan fingerprint density at radius 2 is 1.84 bits per heavy atom. The van der Waals surface area contributed by atoms with E-state index in [4.69, 9.17) is 0 Å². The normalized spacial score (nSPS) is 10.8. The number of nitro benzene ring substituents is 1. The molecule has 0 N–H and O–H groups in total. The SMILES string of the molecule is O=[N+]([O-])c1cc2ccn(-c3ccccc3)c2cc1Br. The number of benzene rings is 2. The van der Waals surface area contributed by atoms with Crippen LogP contribution in [-0.4, -0.2) is 9.49 Å². The highest BCUT2D eigenvalue weighted by Gasteiger charge is 2.15. The maximum atomic E-state index is 10.9. The Hall–Kier alpha value is -2.14. The Morgan fingerprint density at radius 3 is 2.53 bits per heavy atom. The van der Waals surface area contributed by atoms with Gasteiger partial charge in [-0.05, 0) is 40.2 Å². The molecule has 1 aromatic heterocycles. The van der Waals surface area contributed by atoms with E-state index in [1.807, 2.05) is 47.2 Å². The van der Waals surface area contributed by atoms with Crippen molar-refractivity contribution in [2.45, 2.75) is 0 Å². The van der Waals surface area contributed by atoms with Gasteiger partial charge in [0.1, 0.15) is 0 Å². The molecule has 0 radical (unpaired) electrons. The minimum Gasteiger partial charge on any atom is -0.317 e. The third-order valence-electron chi connectivity index (χ3n) is 2.99. The van der Waals surface area contributed by atoms with Gasteiger partial charge in [0.25, 0.3) is 5.69 Å². The van der Waals surface area contributed by atoms with Crippen LogP contribution in [0, 0.1) is 10.1 Å². The first-order valence-corrected chi connectivity index (χ1v) is 6.46. The second-order valence-electron chi connectivity index (χ2n) is 4.14. The predicted molar refractivity (Wildman–Crippen MR) is 77.6 cm³/mol. The summed E-state index contributed by atoms with van der Waals surface area (Å²) in [5.74, 6) is 0. The summed E-state index contributed by atoms with van der Waals surface area (Å²) < 4.78 is 2.49. The molecule has 3 aromatic rings. The van der Waals surface area contributed by atoms with Crippen molar-refractivity contribution < 1.29 is 4.92 Å². The van der Waals surface area contributed by atoms with Crippen LogP contribution in [0.15, 0.2) is 59.2 Å². The molecule has 0 aliphatic rings. The first-order chi connectivity index (χ1) is 9.16. The number of rotatable bonds is 2. The Kier molecular flexibility index (Phi) is 2.83. The Labute approximate surface area is 117 Å². The molecule has 0 spiro atoms. The average Bonchev–Trinajstić information content (AvgIpc) is 2.81. The molecular formula is C14H9BrN2O2. The van der Waals surface area contributed by atoms with E-state index in [2.05, 4.69) is 15.9 Å². The predicted octanol–water partition coefficient (Wildman–Crippen LogP) is 4.30. The summed E-state index contributed by atoms with van der Waals surface area (Å²) in [6, 6.07) is 15.1. The van der Waals surface area contributed by atoms with E-state index in [1.54, 1.807) is 12.1 Å². The van der Waals surface area contributed by atoms with Gasteiger partial charge >= 0.3 is 0 Å². The van der Waals surface area contributed by atoms with Crippen LogP contribution in [0.2, 0.25) is 0 Å². The molecule has 0 saturated carbocycles. The van der Waals surface area contributed by atoms with Crippen LogP contribution in [0.5, 0.6) is 0 Å². The third kappa shape index (κ3) is 2.02. The Balaban J connectivity index is 2.25. The Morgan fingerprint density at radius 1 is 1.11 bits per heavy atom. The van der Waals surface area contributed by atoms with E-state index in [9.17, 15) is 10.1 Å². The summed E-state index contributed by atoms with van der Waals surface area (Å²) in [5, 5.41) is 11.8. The molecule has 19 heavy (non-hydrogen) atoms. The summed E-state index contributed by atoms with van der Waals surface area (Å²) in [7, 11) is 0. The van der Waals surface area contributed by atoms with Crippen LogP contribution in [-0.2, 0) is 0 Å². The number of fused-ring (bicyclic) bond motifs is 1. The smallest absolute Gasteiger partial charge is 0.284 e. The standard InChI is InChI=1S/C14H9BrN2O2/c15-12-9-13-10(8-14(12)17(18)19)6-7-16(13)11-4-2-1-3-5-11/h1-9H. The number of hydrogen-bond acceptors (Lipinski definition) is 2. The molecule has 94 valence electrons. The van der Waals surface area contributed by atoms with Crippen LogP contribution in [0.4, 0.5) is 5.69 Å². The second-order valence-corrected chi connectivity index (χ2v) is 5.00. The highest BCUT2D eigenvalue weighted by molar-refractivity contribution is 9.10. The van der Waals surface area contributed by atoms with Gasteiger partial charge in [-0.15, -0.1) is 0 Å². The molecule has 0 atom stereocenters. The minimum absolute atomic E-state index is 0.0818. The van der Waals surface area contributed by atoms with E-state index < -0.39 is 0 Å². The molecular weight excluding hydrogens is 308 g/mol. The molecule has 4 nitrogen and oxygen atoms in total. The first-order valence-electron chi connectivity index (χ1n) is 5.67. The Bertz CT molecular complexity index is 766. The van der Waals surface area contributed by atoms with E-state index in [0.717, 1.165) is 16.6 Å². The fourth-order valence-electron chi connectivity index (χ4n) is 2.10. The van der Waals surface area contributed by atoms with Gasteiger partial charge in [-0.2, -0.15) is 0 Å². The lowest BCUT2D eigenvalue weighted by Crippen LogP contribution is -1.93. The molecule has 3 rings (SSSR count). The second kappa shape index (κ2) is 4.51. The largest absolute Gasteiger partial charge is 0.317 e. The van der Waals surface area contributed by atoms with E-state index in [0.29, 0.717) is 4.47 Å². The van der Waals surface area contributed by atoms with E-state index >= 15 is 0 Å². The van der Waals surface area contributed by atoms with Crippen molar-refractivity contribution in [3.8, 4) is 5.69 Å². The monoisotopic (exact) mass is 316 g/mol. The van der Waals surface area contributed by atoms with E-state index in [-0.39, 0.29) is 10.6 Å². The third-order valence-corrected chi connectivity index (χ3v) is 3.63. The fourth-order valence-corrected chi connectivity index (χ4v) is 2.57. The molecule has 5 heteroatoms. The highest BCUT2D eigenvalue weighted by atomic mass is 79.9. The van der Waals surface area contributed by atoms with Crippen molar-refractivity contribution in [3.05, 3.63) is 69.3 Å². The zero-order chi connectivity index (χ0) is 13.4. The lowest BCUT2D eigenvalue weighted by molar-refractivity contribution is -0.385. The quantitative estimate of drug-likeness (QED) is 0.522. The van der Waals surface area contributed by atoms with Crippen LogP contribution in [0.3, 0.4) is 0 Å². The first kappa shape index (κ1) is 11.9. The highest BCUT2D eigenvalue weighted by Crippen LogP contribution is 2.31. The lowest BCUT2D eigenvalue weighted by atomic mass is 10.2. The molecule has 0 aliphatic heterocycles. The average molecular weight is 317 g/mol. The summed E-state index contributed by atoms with van der Waals surface area (Å²) in [4.78, 5) is 10.5. The fraction of sp³-hybridized carbons (Fsp3) is 0. The summed E-state index contributed by atoms with van der Waals surface area (Å²) in [6.45, 7) is 0. The van der Waals surface area contributed by atoms with Gasteiger partial charge in [-0.25, -0.2) is 0 Å². The van der Waals surface area contributed by atoms with Crippen LogP contribution >= 0.6 is 15.9 Å². The van der Waals surface area contributed by atoms with Crippen molar-refractivity contribution in [1.29, 1.82) is 0 Å². The van der Waals surface area contributed by atoms with Crippen molar-refractivity contribution in [2.24, 2.45) is 0 Å². The van der Waals surface area contributed by atoms with Gasteiger partial charge in [-0.3, -0.25) is 10.1 Å². The molecule has 2 aromatic carbocycles. The lowest BCUT2D eigenvalue weighted by Gasteiger charge is -2.05. The summed E-state index contributed by atoms with van der Waals surface area (Å²) >= 11 is 3.25. The maximum Gasteiger partial charge on any atom is 0.284 e. The van der Waals surface area contributed by atoms with Gasteiger partial charge in [0.15, 0.2) is 0 Å². The molecule has 1 heterocycles. The van der Waals surface area contributed by atoms with Crippen molar-refractivity contribution in [2.75, 3.05) is 0 Å². The van der Waals surface area contributed by atoms with Gasteiger partial charge < -0.3 is 4.57 Å². The summed E-state index contributed by atoms with van der Waals surface area (Å²) in [6.07, 6.45) is 1.91. The van der Waals surface area contributed by atoms with Crippen LogP contribution in [0.25, 0.3) is 16.6 Å². The van der Waals surface area contributed by atoms with Gasteiger partial charge in [0, 0.05) is 23.3 Å². The van der Waals surface area contributed by atoms with Crippen LogP contribution < -0.4 is 0 Å².